The van der Waals surface area contributed by atoms with Crippen molar-refractivity contribution in [2.45, 2.75) is 20.8 Å². The van der Waals surface area contributed by atoms with Gasteiger partial charge in [-0.05, 0) is 44.5 Å². The van der Waals surface area contributed by atoms with Crippen LogP contribution in [0.5, 0.6) is 0 Å². The van der Waals surface area contributed by atoms with Gasteiger partial charge in [0.05, 0.1) is 6.20 Å². The number of aryl methyl sites for hydroxylation is 4. The Morgan fingerprint density at radius 3 is 2.43 bits per heavy atom. The molecule has 0 atom stereocenters. The number of aromatic nitrogens is 4. The van der Waals surface area contributed by atoms with E-state index in [0.717, 1.165) is 28.5 Å². The molecule has 1 N–H and O–H groups in total. The Morgan fingerprint density at radius 2 is 1.78 bits per heavy atom. The minimum absolute atomic E-state index is 0.185. The third-order valence-corrected chi connectivity index (χ3v) is 3.90. The lowest BCUT2D eigenvalue weighted by Gasteiger charge is -2.13. The number of rotatable bonds is 3. The minimum atomic E-state index is -0.185. The van der Waals surface area contributed by atoms with Gasteiger partial charge in [-0.1, -0.05) is 0 Å². The van der Waals surface area contributed by atoms with Gasteiger partial charge in [0.1, 0.15) is 11.4 Å². The lowest BCUT2D eigenvalue weighted by Crippen LogP contribution is -2.17. The second-order valence-electron chi connectivity index (χ2n) is 5.60. The zero-order chi connectivity index (χ0) is 16.6. The highest BCUT2D eigenvalue weighted by Crippen LogP contribution is 2.21. The molecule has 0 aliphatic rings. The number of nitrogens with one attached hydrogen (secondary N) is 1. The van der Waals surface area contributed by atoms with Crippen molar-refractivity contribution in [2.24, 2.45) is 7.05 Å². The topological polar surface area (TPSA) is 64.7 Å². The van der Waals surface area contributed by atoms with Gasteiger partial charge in [-0.15, -0.1) is 0 Å². The first-order valence-corrected chi connectivity index (χ1v) is 7.38. The number of amides is 1. The number of carbonyl (C=O) groups excluding carboxylic acids is 1. The van der Waals surface area contributed by atoms with Crippen LogP contribution in [0.1, 0.15) is 27.3 Å². The molecule has 23 heavy (non-hydrogen) atoms. The third kappa shape index (κ3) is 2.63. The number of carbonyl (C=O) groups is 1. The van der Waals surface area contributed by atoms with E-state index in [4.69, 9.17) is 0 Å². The largest absolute Gasteiger partial charge is 0.321 e. The lowest BCUT2D eigenvalue weighted by atomic mass is 10.2. The molecule has 0 spiro atoms. The molecule has 3 aromatic rings. The van der Waals surface area contributed by atoms with Crippen LogP contribution in [0.2, 0.25) is 0 Å². The van der Waals surface area contributed by atoms with E-state index >= 15 is 0 Å². The van der Waals surface area contributed by atoms with E-state index in [2.05, 4.69) is 15.4 Å². The first-order chi connectivity index (χ1) is 11.0. The Balaban J connectivity index is 2.02. The first kappa shape index (κ1) is 15.0. The van der Waals surface area contributed by atoms with Crippen molar-refractivity contribution in [3.63, 3.8) is 0 Å². The van der Waals surface area contributed by atoms with Gasteiger partial charge in [0, 0.05) is 36.5 Å². The summed E-state index contributed by atoms with van der Waals surface area (Å²) in [6.45, 7) is 5.93. The van der Waals surface area contributed by atoms with Gasteiger partial charge in [0.2, 0.25) is 0 Å². The van der Waals surface area contributed by atoms with Gasteiger partial charge in [-0.25, -0.2) is 0 Å². The smallest absolute Gasteiger partial charge is 0.261 e. The van der Waals surface area contributed by atoms with Crippen LogP contribution >= 0.6 is 0 Å². The van der Waals surface area contributed by atoms with Gasteiger partial charge in [-0.2, -0.15) is 5.10 Å². The predicted molar refractivity (Wildman–Crippen MR) is 88.9 cm³/mol. The second-order valence-corrected chi connectivity index (χ2v) is 5.60. The van der Waals surface area contributed by atoms with Crippen LogP contribution in [0, 0.1) is 20.8 Å². The summed E-state index contributed by atoms with van der Waals surface area (Å²) in [6.07, 6.45) is 4.98. The number of hydrogen-bond donors (Lipinski definition) is 1. The van der Waals surface area contributed by atoms with E-state index in [1.807, 2.05) is 44.5 Å². The lowest BCUT2D eigenvalue weighted by molar-refractivity contribution is 0.102. The van der Waals surface area contributed by atoms with E-state index in [1.165, 1.54) is 0 Å². The van der Waals surface area contributed by atoms with E-state index < -0.39 is 0 Å². The highest BCUT2D eigenvalue weighted by atomic mass is 16.1. The fourth-order valence-electron chi connectivity index (χ4n) is 2.66. The average molecular weight is 309 g/mol. The van der Waals surface area contributed by atoms with Crippen LogP contribution in [-0.4, -0.2) is 25.2 Å². The normalized spacial score (nSPS) is 10.8. The summed E-state index contributed by atoms with van der Waals surface area (Å²) < 4.78 is 3.75. The molecule has 0 saturated heterocycles. The fraction of sp³-hybridized carbons (Fsp3) is 0.235. The van der Waals surface area contributed by atoms with Gasteiger partial charge in [0.25, 0.3) is 5.91 Å². The van der Waals surface area contributed by atoms with Crippen molar-refractivity contribution < 1.29 is 4.79 Å². The Kier molecular flexibility index (Phi) is 3.73. The van der Waals surface area contributed by atoms with Gasteiger partial charge >= 0.3 is 0 Å². The van der Waals surface area contributed by atoms with Crippen molar-refractivity contribution in [3.8, 4) is 5.82 Å². The summed E-state index contributed by atoms with van der Waals surface area (Å²) in [5.41, 5.74) is 4.31. The van der Waals surface area contributed by atoms with E-state index in [-0.39, 0.29) is 5.91 Å². The van der Waals surface area contributed by atoms with Crippen LogP contribution < -0.4 is 5.32 Å². The molecule has 3 rings (SSSR count). The molecule has 1 amide bonds. The quantitative estimate of drug-likeness (QED) is 0.809. The number of nitrogens with zero attached hydrogens (tertiary/aromatic N) is 4. The summed E-state index contributed by atoms with van der Waals surface area (Å²) in [4.78, 5) is 16.8. The monoisotopic (exact) mass is 309 g/mol. The number of hydrogen-bond acceptors (Lipinski definition) is 3. The SMILES string of the molecule is Cc1cnccc1NC(=O)c1cnn(C)c1-n1c(C)ccc1C. The molecule has 0 fully saturated rings. The zero-order valence-electron chi connectivity index (χ0n) is 13.7. The average Bonchev–Trinajstić information content (AvgIpc) is 3.04. The predicted octanol–water partition coefficient (Wildman–Crippen LogP) is 2.78. The molecule has 0 aromatic carbocycles. The van der Waals surface area contributed by atoms with Gasteiger partial charge in [0.15, 0.2) is 0 Å². The molecule has 0 unspecified atom stereocenters. The third-order valence-electron chi connectivity index (χ3n) is 3.90. The second kappa shape index (κ2) is 5.72. The molecule has 0 radical (unpaired) electrons. The zero-order valence-corrected chi connectivity index (χ0v) is 13.7. The molecule has 6 nitrogen and oxygen atoms in total. The maximum Gasteiger partial charge on any atom is 0.261 e. The van der Waals surface area contributed by atoms with Crippen LogP contribution in [0.15, 0.2) is 36.8 Å². The summed E-state index contributed by atoms with van der Waals surface area (Å²) in [5, 5.41) is 7.20. The van der Waals surface area contributed by atoms with E-state index in [9.17, 15) is 4.79 Å². The molecule has 118 valence electrons. The van der Waals surface area contributed by atoms with E-state index in [1.54, 1.807) is 29.3 Å². The summed E-state index contributed by atoms with van der Waals surface area (Å²) >= 11 is 0. The van der Waals surface area contributed by atoms with Crippen molar-refractivity contribution in [1.82, 2.24) is 19.3 Å². The molecule has 3 heterocycles. The first-order valence-electron chi connectivity index (χ1n) is 7.38. The molecule has 0 aliphatic carbocycles. The van der Waals surface area contributed by atoms with Crippen molar-refractivity contribution in [3.05, 3.63) is 59.3 Å². The highest BCUT2D eigenvalue weighted by Gasteiger charge is 2.20. The van der Waals surface area contributed by atoms with Crippen LogP contribution in [0.3, 0.4) is 0 Å². The van der Waals surface area contributed by atoms with Crippen LogP contribution in [-0.2, 0) is 7.05 Å². The molecular weight excluding hydrogens is 290 g/mol. The van der Waals surface area contributed by atoms with Crippen LogP contribution in [0.4, 0.5) is 5.69 Å². The Bertz CT molecular complexity index is 855. The molecule has 0 aliphatic heterocycles. The summed E-state index contributed by atoms with van der Waals surface area (Å²) in [5.74, 6) is 0.573. The Morgan fingerprint density at radius 1 is 1.09 bits per heavy atom. The summed E-state index contributed by atoms with van der Waals surface area (Å²) in [6, 6.07) is 5.84. The molecule has 3 aromatic heterocycles. The molecule has 0 bridgehead atoms. The Hall–Kier alpha value is -2.89. The van der Waals surface area contributed by atoms with E-state index in [0.29, 0.717) is 5.56 Å². The highest BCUT2D eigenvalue weighted by molar-refractivity contribution is 6.06. The van der Waals surface area contributed by atoms with Crippen molar-refractivity contribution in [2.75, 3.05) is 5.32 Å². The number of pyridine rings is 1. The maximum atomic E-state index is 12.7. The summed E-state index contributed by atoms with van der Waals surface area (Å²) in [7, 11) is 1.84. The molecule has 6 heteroatoms. The van der Waals surface area contributed by atoms with Crippen LogP contribution in [0.25, 0.3) is 5.82 Å². The minimum Gasteiger partial charge on any atom is -0.321 e. The molecule has 0 saturated carbocycles. The standard InChI is InChI=1S/C17H19N5O/c1-11-9-18-8-7-15(11)20-16(23)14-10-19-21(4)17(14)22-12(2)5-6-13(22)3/h5-10H,1-4H3,(H,18,20,23). The maximum absolute atomic E-state index is 12.7. The van der Waals surface area contributed by atoms with Gasteiger partial charge < -0.3 is 9.88 Å². The van der Waals surface area contributed by atoms with Crippen molar-refractivity contribution in [1.29, 1.82) is 0 Å². The Labute approximate surface area is 134 Å². The number of anilines is 1. The van der Waals surface area contributed by atoms with Gasteiger partial charge in [-0.3, -0.25) is 14.5 Å². The van der Waals surface area contributed by atoms with Crippen molar-refractivity contribution >= 4 is 11.6 Å². The fourth-order valence-corrected chi connectivity index (χ4v) is 2.66. The molecular formula is C17H19N5O.